The lowest BCUT2D eigenvalue weighted by molar-refractivity contribution is -0.137. The normalized spacial score (nSPS) is 11.5. The zero-order valence-corrected chi connectivity index (χ0v) is 17.0. The van der Waals surface area contributed by atoms with Crippen molar-refractivity contribution in [2.45, 2.75) is 13.1 Å². The van der Waals surface area contributed by atoms with Crippen LogP contribution in [0.5, 0.6) is 11.5 Å². The summed E-state index contributed by atoms with van der Waals surface area (Å²) in [7, 11) is 3.13. The van der Waals surface area contributed by atoms with E-state index in [-0.39, 0.29) is 0 Å². The summed E-state index contributed by atoms with van der Waals surface area (Å²) < 4.78 is 51.6. The standard InChI is InChI=1S/C22H19F3N4O2/c1-13-9-16(11-18(30-2)20(13)31-3)27-19-7-8-29-21(28-19)17(12-26-29)14-5-4-6-15(10-14)22(23,24)25/h4-12H,1-3H3,(H,27,28). The van der Waals surface area contributed by atoms with Crippen molar-refractivity contribution in [1.82, 2.24) is 14.6 Å². The molecule has 6 nitrogen and oxygen atoms in total. The second kappa shape index (κ2) is 7.82. The largest absolute Gasteiger partial charge is 0.493 e. The molecule has 0 amide bonds. The van der Waals surface area contributed by atoms with Crippen LogP contribution >= 0.6 is 0 Å². The maximum atomic E-state index is 13.1. The Bertz CT molecular complexity index is 1250. The van der Waals surface area contributed by atoms with Gasteiger partial charge in [0.05, 0.1) is 26.0 Å². The number of benzene rings is 2. The minimum absolute atomic E-state index is 0.386. The summed E-state index contributed by atoms with van der Waals surface area (Å²) in [5.41, 5.74) is 2.20. The molecule has 2 aromatic heterocycles. The van der Waals surface area contributed by atoms with Gasteiger partial charge in [-0.1, -0.05) is 12.1 Å². The number of nitrogens with zero attached hydrogens (tertiary/aromatic N) is 3. The second-order valence-electron chi connectivity index (χ2n) is 6.87. The number of rotatable bonds is 5. The van der Waals surface area contributed by atoms with Gasteiger partial charge in [-0.3, -0.25) is 0 Å². The molecule has 4 rings (SSSR count). The van der Waals surface area contributed by atoms with Crippen molar-refractivity contribution in [3.8, 4) is 22.6 Å². The van der Waals surface area contributed by atoms with E-state index in [1.807, 2.05) is 13.0 Å². The lowest BCUT2D eigenvalue weighted by atomic mass is 10.1. The number of nitrogens with one attached hydrogen (secondary N) is 1. The van der Waals surface area contributed by atoms with Crippen molar-refractivity contribution in [1.29, 1.82) is 0 Å². The number of methoxy groups -OCH3 is 2. The van der Waals surface area contributed by atoms with Gasteiger partial charge in [-0.15, -0.1) is 0 Å². The zero-order chi connectivity index (χ0) is 22.2. The van der Waals surface area contributed by atoms with Crippen LogP contribution in [-0.4, -0.2) is 28.8 Å². The number of hydrogen-bond donors (Lipinski definition) is 1. The van der Waals surface area contributed by atoms with Gasteiger partial charge in [-0.05, 0) is 42.3 Å². The fraction of sp³-hybridized carbons (Fsp3) is 0.182. The third-order valence-corrected chi connectivity index (χ3v) is 4.81. The molecule has 0 aliphatic carbocycles. The molecule has 0 spiro atoms. The summed E-state index contributed by atoms with van der Waals surface area (Å²) in [6.07, 6.45) is -1.23. The van der Waals surface area contributed by atoms with Crippen LogP contribution in [0.25, 0.3) is 16.8 Å². The fourth-order valence-electron chi connectivity index (χ4n) is 3.38. The van der Waals surface area contributed by atoms with Gasteiger partial charge in [0.2, 0.25) is 0 Å². The van der Waals surface area contributed by atoms with Crippen LogP contribution in [0.3, 0.4) is 0 Å². The molecule has 0 radical (unpaired) electrons. The summed E-state index contributed by atoms with van der Waals surface area (Å²) in [4.78, 5) is 4.56. The maximum Gasteiger partial charge on any atom is 0.416 e. The van der Waals surface area contributed by atoms with E-state index < -0.39 is 11.7 Å². The number of fused-ring (bicyclic) bond motifs is 1. The first kappa shape index (κ1) is 20.5. The SMILES string of the molecule is COc1cc(Nc2ccn3ncc(-c4cccc(C(F)(F)F)c4)c3n2)cc(C)c1OC. The predicted molar refractivity (Wildman–Crippen MR) is 111 cm³/mol. The van der Waals surface area contributed by atoms with E-state index in [4.69, 9.17) is 9.47 Å². The van der Waals surface area contributed by atoms with E-state index in [1.165, 1.54) is 16.8 Å². The first-order valence-electron chi connectivity index (χ1n) is 9.32. The van der Waals surface area contributed by atoms with Crippen molar-refractivity contribution in [2.24, 2.45) is 0 Å². The van der Waals surface area contributed by atoms with Crippen molar-refractivity contribution < 1.29 is 22.6 Å². The molecule has 160 valence electrons. The molecule has 0 saturated heterocycles. The third kappa shape index (κ3) is 3.98. The number of aromatic nitrogens is 3. The van der Waals surface area contributed by atoms with Crippen LogP contribution in [0.2, 0.25) is 0 Å². The number of alkyl halides is 3. The highest BCUT2D eigenvalue weighted by atomic mass is 19.4. The fourth-order valence-corrected chi connectivity index (χ4v) is 3.38. The Morgan fingerprint density at radius 2 is 1.84 bits per heavy atom. The molecule has 0 fully saturated rings. The molecule has 0 atom stereocenters. The summed E-state index contributed by atoms with van der Waals surface area (Å²) in [5, 5.41) is 7.41. The van der Waals surface area contributed by atoms with E-state index in [0.29, 0.717) is 34.1 Å². The number of halogens is 3. The summed E-state index contributed by atoms with van der Waals surface area (Å²) in [5.74, 6) is 1.71. The zero-order valence-electron chi connectivity index (χ0n) is 17.0. The van der Waals surface area contributed by atoms with Crippen LogP contribution in [0.1, 0.15) is 11.1 Å². The molecular weight excluding hydrogens is 409 g/mol. The number of hydrogen-bond acceptors (Lipinski definition) is 5. The topological polar surface area (TPSA) is 60.7 Å². The first-order chi connectivity index (χ1) is 14.8. The van der Waals surface area contributed by atoms with Gasteiger partial charge in [-0.25, -0.2) is 9.50 Å². The Morgan fingerprint density at radius 1 is 1.03 bits per heavy atom. The molecule has 4 aromatic rings. The number of aryl methyl sites for hydroxylation is 1. The lowest BCUT2D eigenvalue weighted by Gasteiger charge is -2.14. The monoisotopic (exact) mass is 428 g/mol. The van der Waals surface area contributed by atoms with Gasteiger partial charge in [0.15, 0.2) is 17.1 Å². The average Bonchev–Trinajstić information content (AvgIpc) is 3.16. The van der Waals surface area contributed by atoms with E-state index in [2.05, 4.69) is 15.4 Å². The van der Waals surface area contributed by atoms with Gasteiger partial charge in [0.1, 0.15) is 5.82 Å². The average molecular weight is 428 g/mol. The predicted octanol–water partition coefficient (Wildman–Crippen LogP) is 5.48. The smallest absolute Gasteiger partial charge is 0.416 e. The molecule has 31 heavy (non-hydrogen) atoms. The van der Waals surface area contributed by atoms with Crippen LogP contribution in [0.4, 0.5) is 24.7 Å². The molecule has 0 saturated carbocycles. The molecular formula is C22H19F3N4O2. The van der Waals surface area contributed by atoms with Gasteiger partial charge in [-0.2, -0.15) is 18.3 Å². The number of ether oxygens (including phenoxy) is 2. The van der Waals surface area contributed by atoms with Crippen molar-refractivity contribution in [3.63, 3.8) is 0 Å². The molecule has 0 aliphatic heterocycles. The molecule has 2 aromatic carbocycles. The second-order valence-corrected chi connectivity index (χ2v) is 6.87. The van der Waals surface area contributed by atoms with Crippen molar-refractivity contribution in [2.75, 3.05) is 19.5 Å². The van der Waals surface area contributed by atoms with E-state index in [0.717, 1.165) is 23.4 Å². The Balaban J connectivity index is 1.72. The highest BCUT2D eigenvalue weighted by Crippen LogP contribution is 2.36. The Kier molecular flexibility index (Phi) is 5.18. The van der Waals surface area contributed by atoms with Crippen LogP contribution in [-0.2, 0) is 6.18 Å². The van der Waals surface area contributed by atoms with Gasteiger partial charge in [0, 0.05) is 23.5 Å². The molecule has 0 bridgehead atoms. The van der Waals surface area contributed by atoms with E-state index >= 15 is 0 Å². The third-order valence-electron chi connectivity index (χ3n) is 4.81. The summed E-state index contributed by atoms with van der Waals surface area (Å²) in [6.45, 7) is 1.89. The van der Waals surface area contributed by atoms with Gasteiger partial charge >= 0.3 is 6.18 Å². The highest BCUT2D eigenvalue weighted by Gasteiger charge is 2.30. The van der Waals surface area contributed by atoms with Crippen LogP contribution < -0.4 is 14.8 Å². The Morgan fingerprint density at radius 3 is 2.55 bits per heavy atom. The minimum atomic E-state index is -4.43. The first-order valence-corrected chi connectivity index (χ1v) is 9.32. The molecule has 1 N–H and O–H groups in total. The van der Waals surface area contributed by atoms with E-state index in [9.17, 15) is 13.2 Å². The summed E-state index contributed by atoms with van der Waals surface area (Å²) >= 11 is 0. The minimum Gasteiger partial charge on any atom is -0.493 e. The molecule has 0 unspecified atom stereocenters. The molecule has 0 aliphatic rings. The summed E-state index contributed by atoms with van der Waals surface area (Å²) in [6, 6.07) is 10.5. The number of anilines is 2. The maximum absolute atomic E-state index is 13.1. The lowest BCUT2D eigenvalue weighted by Crippen LogP contribution is -2.04. The molecule has 2 heterocycles. The van der Waals surface area contributed by atoms with E-state index in [1.54, 1.807) is 38.6 Å². The Labute approximate surface area is 176 Å². The molecule has 9 heteroatoms. The van der Waals surface area contributed by atoms with Crippen molar-refractivity contribution >= 4 is 17.2 Å². The van der Waals surface area contributed by atoms with Crippen LogP contribution in [0, 0.1) is 6.92 Å². The van der Waals surface area contributed by atoms with Crippen LogP contribution in [0.15, 0.2) is 54.9 Å². The highest BCUT2D eigenvalue weighted by molar-refractivity contribution is 5.78. The van der Waals surface area contributed by atoms with Gasteiger partial charge < -0.3 is 14.8 Å². The Hall–Kier alpha value is -3.75. The van der Waals surface area contributed by atoms with Crippen molar-refractivity contribution in [3.05, 3.63) is 66.0 Å². The quantitative estimate of drug-likeness (QED) is 0.456. The van der Waals surface area contributed by atoms with Gasteiger partial charge in [0.25, 0.3) is 0 Å².